The van der Waals surface area contributed by atoms with Crippen molar-refractivity contribution in [2.45, 2.75) is 30.1 Å². The predicted molar refractivity (Wildman–Crippen MR) is 148 cm³/mol. The molecule has 0 aromatic heterocycles. The van der Waals surface area contributed by atoms with Crippen molar-refractivity contribution in [3.63, 3.8) is 0 Å². The van der Waals surface area contributed by atoms with E-state index in [9.17, 15) is 18.0 Å². The van der Waals surface area contributed by atoms with Crippen LogP contribution in [0.1, 0.15) is 30.6 Å². The van der Waals surface area contributed by atoms with Crippen LogP contribution in [0.4, 0.5) is 11.4 Å². The summed E-state index contributed by atoms with van der Waals surface area (Å²) in [7, 11) is -4.14. The van der Waals surface area contributed by atoms with E-state index in [-0.39, 0.29) is 16.5 Å². The fourth-order valence-corrected chi connectivity index (χ4v) is 5.40. The highest BCUT2D eigenvalue weighted by molar-refractivity contribution is 7.98. The second-order valence-corrected chi connectivity index (χ2v) is 10.7. The number of hydrogen-bond donors (Lipinski definition) is 2. The fourth-order valence-electron chi connectivity index (χ4n) is 3.56. The van der Waals surface area contributed by atoms with E-state index in [0.717, 1.165) is 15.6 Å². The first kappa shape index (κ1) is 28.1. The minimum absolute atomic E-state index is 0.0451. The topological polar surface area (TPSA) is 105 Å². The molecule has 3 rings (SSSR count). The van der Waals surface area contributed by atoms with Crippen LogP contribution in [0.25, 0.3) is 0 Å². The number of carbonyl (C=O) groups is 2. The van der Waals surface area contributed by atoms with Crippen LogP contribution in [0.2, 0.25) is 0 Å². The van der Waals surface area contributed by atoms with Crippen LogP contribution in [0.15, 0.2) is 82.6 Å². The monoisotopic (exact) mass is 541 g/mol. The molecule has 0 unspecified atom stereocenters. The second-order valence-electron chi connectivity index (χ2n) is 7.94. The molecule has 2 N–H and O–H groups in total. The normalized spacial score (nSPS) is 11.0. The van der Waals surface area contributed by atoms with Crippen LogP contribution < -0.4 is 19.7 Å². The zero-order chi connectivity index (χ0) is 26.8. The summed E-state index contributed by atoms with van der Waals surface area (Å²) in [6, 6.07) is 19.7. The van der Waals surface area contributed by atoms with Crippen molar-refractivity contribution in [1.29, 1.82) is 0 Å². The van der Waals surface area contributed by atoms with Crippen LogP contribution in [-0.4, -0.2) is 46.2 Å². The number of rotatable bonds is 12. The zero-order valence-electron chi connectivity index (χ0n) is 21.1. The van der Waals surface area contributed by atoms with E-state index in [2.05, 4.69) is 10.6 Å². The molecule has 0 heterocycles. The van der Waals surface area contributed by atoms with Crippen molar-refractivity contribution in [3.05, 3.63) is 78.4 Å². The van der Waals surface area contributed by atoms with E-state index in [0.29, 0.717) is 30.2 Å². The van der Waals surface area contributed by atoms with Gasteiger partial charge in [-0.1, -0.05) is 31.2 Å². The van der Waals surface area contributed by atoms with E-state index in [1.54, 1.807) is 67.6 Å². The highest BCUT2D eigenvalue weighted by atomic mass is 32.2. The molecule has 0 fully saturated rings. The average Bonchev–Trinajstić information content (AvgIpc) is 2.91. The van der Waals surface area contributed by atoms with Gasteiger partial charge >= 0.3 is 0 Å². The Morgan fingerprint density at radius 2 is 1.62 bits per heavy atom. The Hall–Kier alpha value is -3.50. The standard InChI is InChI=1S/C27H31N3O5S2/c1-4-18-28-27(32)22-10-6-7-11-23(22)29-26(31)19-30(24-12-8-9-13-25(24)35-5-2)37(33,34)21-16-14-20(36-3)15-17-21/h6-17H,4-5,18-19H2,1-3H3,(H,28,32)(H,29,31). The highest BCUT2D eigenvalue weighted by Gasteiger charge is 2.30. The van der Waals surface area contributed by atoms with Gasteiger partial charge in [0.05, 0.1) is 28.4 Å². The first-order chi connectivity index (χ1) is 17.8. The third-order valence-corrected chi connectivity index (χ3v) is 7.87. The van der Waals surface area contributed by atoms with Crippen LogP contribution in [0.3, 0.4) is 0 Å². The first-order valence-electron chi connectivity index (χ1n) is 11.9. The van der Waals surface area contributed by atoms with Crippen molar-refractivity contribution in [2.24, 2.45) is 0 Å². The van der Waals surface area contributed by atoms with Gasteiger partial charge in [0.2, 0.25) is 5.91 Å². The summed E-state index contributed by atoms with van der Waals surface area (Å²) in [6.07, 6.45) is 2.67. The molecule has 0 bridgehead atoms. The zero-order valence-corrected chi connectivity index (χ0v) is 22.7. The van der Waals surface area contributed by atoms with Gasteiger partial charge in [0, 0.05) is 11.4 Å². The molecular formula is C27H31N3O5S2. The maximum absolute atomic E-state index is 13.8. The van der Waals surface area contributed by atoms with Gasteiger partial charge in [0.15, 0.2) is 0 Å². The van der Waals surface area contributed by atoms with Gasteiger partial charge in [-0.2, -0.15) is 0 Å². The van der Waals surface area contributed by atoms with Gasteiger partial charge in [0.25, 0.3) is 15.9 Å². The number of thioether (sulfide) groups is 1. The molecule has 3 aromatic rings. The summed E-state index contributed by atoms with van der Waals surface area (Å²) in [6.45, 7) is 4.03. The number of sulfonamides is 1. The molecule has 0 saturated carbocycles. The summed E-state index contributed by atoms with van der Waals surface area (Å²) in [5, 5.41) is 5.50. The molecular weight excluding hydrogens is 510 g/mol. The molecule has 0 aliphatic heterocycles. The Balaban J connectivity index is 1.97. The number of para-hydroxylation sites is 3. The number of nitrogens with one attached hydrogen (secondary N) is 2. The quantitative estimate of drug-likeness (QED) is 0.320. The Bertz CT molecular complexity index is 1330. The smallest absolute Gasteiger partial charge is 0.264 e. The summed E-state index contributed by atoms with van der Waals surface area (Å²) >= 11 is 1.50. The molecule has 196 valence electrons. The molecule has 0 aliphatic carbocycles. The Morgan fingerprint density at radius 3 is 2.30 bits per heavy atom. The van der Waals surface area contributed by atoms with Gasteiger partial charge in [0.1, 0.15) is 12.3 Å². The van der Waals surface area contributed by atoms with Crippen LogP contribution in [0, 0.1) is 0 Å². The van der Waals surface area contributed by atoms with E-state index in [1.807, 2.05) is 13.2 Å². The van der Waals surface area contributed by atoms with Gasteiger partial charge in [-0.05, 0) is 68.1 Å². The van der Waals surface area contributed by atoms with Crippen LogP contribution in [0.5, 0.6) is 5.75 Å². The summed E-state index contributed by atoms with van der Waals surface area (Å²) in [4.78, 5) is 26.8. The lowest BCUT2D eigenvalue weighted by atomic mass is 10.1. The molecule has 2 amide bonds. The van der Waals surface area contributed by atoms with Crippen molar-refractivity contribution < 1.29 is 22.7 Å². The van der Waals surface area contributed by atoms with Crippen molar-refractivity contribution in [2.75, 3.05) is 35.6 Å². The Labute approximate surface area is 222 Å². The minimum Gasteiger partial charge on any atom is -0.492 e. The summed E-state index contributed by atoms with van der Waals surface area (Å²) in [5.74, 6) is -0.592. The fraction of sp³-hybridized carbons (Fsp3) is 0.259. The van der Waals surface area contributed by atoms with Crippen LogP contribution >= 0.6 is 11.8 Å². The molecule has 0 spiro atoms. The van der Waals surface area contributed by atoms with Gasteiger partial charge in [-0.15, -0.1) is 11.8 Å². The lowest BCUT2D eigenvalue weighted by Crippen LogP contribution is -2.38. The van der Waals surface area contributed by atoms with Gasteiger partial charge < -0.3 is 15.4 Å². The van der Waals surface area contributed by atoms with E-state index < -0.39 is 22.5 Å². The van der Waals surface area contributed by atoms with Crippen molar-refractivity contribution in [1.82, 2.24) is 5.32 Å². The van der Waals surface area contributed by atoms with E-state index in [4.69, 9.17) is 4.74 Å². The van der Waals surface area contributed by atoms with Crippen molar-refractivity contribution >= 4 is 45.0 Å². The maximum atomic E-state index is 13.8. The molecule has 8 nitrogen and oxygen atoms in total. The average molecular weight is 542 g/mol. The molecule has 37 heavy (non-hydrogen) atoms. The number of nitrogens with zero attached hydrogens (tertiary/aromatic N) is 1. The predicted octanol–water partition coefficient (Wildman–Crippen LogP) is 4.78. The number of carbonyl (C=O) groups excluding carboxylic acids is 2. The third kappa shape index (κ3) is 7.05. The van der Waals surface area contributed by atoms with Gasteiger partial charge in [-0.25, -0.2) is 8.42 Å². The Kier molecular flexibility index (Phi) is 9.99. The van der Waals surface area contributed by atoms with Crippen LogP contribution in [-0.2, 0) is 14.8 Å². The summed E-state index contributed by atoms with van der Waals surface area (Å²) in [5.41, 5.74) is 0.823. The van der Waals surface area contributed by atoms with Crippen molar-refractivity contribution in [3.8, 4) is 5.75 Å². The molecule has 0 radical (unpaired) electrons. The first-order valence-corrected chi connectivity index (χ1v) is 14.5. The number of benzene rings is 3. The molecule has 10 heteroatoms. The van der Waals surface area contributed by atoms with E-state index in [1.165, 1.54) is 23.9 Å². The lowest BCUT2D eigenvalue weighted by molar-refractivity contribution is -0.114. The molecule has 0 atom stereocenters. The summed E-state index contributed by atoms with van der Waals surface area (Å²) < 4.78 is 34.3. The number of amides is 2. The third-order valence-electron chi connectivity index (χ3n) is 5.35. The molecule has 3 aromatic carbocycles. The molecule has 0 aliphatic rings. The number of hydrogen-bond acceptors (Lipinski definition) is 6. The highest BCUT2D eigenvalue weighted by Crippen LogP contribution is 2.33. The second kappa shape index (κ2) is 13.2. The SMILES string of the molecule is CCCNC(=O)c1ccccc1NC(=O)CN(c1ccccc1OCC)S(=O)(=O)c1ccc(SC)cc1. The molecule has 0 saturated heterocycles. The van der Waals surface area contributed by atoms with E-state index >= 15 is 0 Å². The lowest BCUT2D eigenvalue weighted by Gasteiger charge is -2.26. The minimum atomic E-state index is -4.14. The van der Waals surface area contributed by atoms with Gasteiger partial charge in [-0.3, -0.25) is 13.9 Å². The number of ether oxygens (including phenoxy) is 1. The number of anilines is 2. The maximum Gasteiger partial charge on any atom is 0.264 e. The largest absolute Gasteiger partial charge is 0.492 e. The Morgan fingerprint density at radius 1 is 0.946 bits per heavy atom.